The second-order valence-electron chi connectivity index (χ2n) is 7.74. The second kappa shape index (κ2) is 6.21. The fourth-order valence-electron chi connectivity index (χ4n) is 4.31. The number of piperazine rings is 1. The highest BCUT2D eigenvalue weighted by molar-refractivity contribution is 9.10. The Hall–Kier alpha value is -1.18. The van der Waals surface area contributed by atoms with Crippen LogP contribution in [0.2, 0.25) is 0 Å². The monoisotopic (exact) mass is 404 g/mol. The lowest BCUT2D eigenvalue weighted by molar-refractivity contribution is 0.120. The lowest BCUT2D eigenvalue weighted by Crippen LogP contribution is -2.49. The second-order valence-corrected chi connectivity index (χ2v) is 8.59. The molecule has 0 aromatic carbocycles. The highest BCUT2D eigenvalue weighted by Crippen LogP contribution is 2.42. The van der Waals surface area contributed by atoms with E-state index in [0.717, 1.165) is 29.0 Å². The molecule has 2 aliphatic heterocycles. The number of rotatable bonds is 3. The minimum atomic E-state index is 0.633. The number of anilines is 1. The Morgan fingerprint density at radius 3 is 2.56 bits per heavy atom. The maximum atomic E-state index is 4.68. The highest BCUT2D eigenvalue weighted by Gasteiger charge is 2.32. The van der Waals surface area contributed by atoms with Crippen LogP contribution in [-0.2, 0) is 0 Å². The molecule has 2 aromatic rings. The summed E-state index contributed by atoms with van der Waals surface area (Å²) >= 11 is 3.77. The molecule has 134 valence electrons. The zero-order valence-electron chi connectivity index (χ0n) is 14.7. The van der Waals surface area contributed by atoms with E-state index < -0.39 is 0 Å². The van der Waals surface area contributed by atoms with Crippen molar-refractivity contribution in [1.82, 2.24) is 24.3 Å². The predicted molar refractivity (Wildman–Crippen MR) is 103 cm³/mol. The summed E-state index contributed by atoms with van der Waals surface area (Å²) in [6.45, 7) is 6.92. The van der Waals surface area contributed by atoms with Crippen LogP contribution in [-0.4, -0.2) is 76.7 Å². The zero-order chi connectivity index (χ0) is 17.0. The Kier molecular flexibility index (Phi) is 3.98. The first-order chi connectivity index (χ1) is 12.2. The first-order valence-corrected chi connectivity index (χ1v) is 10.2. The van der Waals surface area contributed by atoms with Gasteiger partial charge in [-0.1, -0.05) is 0 Å². The molecule has 0 spiro atoms. The van der Waals surface area contributed by atoms with E-state index >= 15 is 0 Å². The van der Waals surface area contributed by atoms with Crippen molar-refractivity contribution in [2.24, 2.45) is 0 Å². The van der Waals surface area contributed by atoms with Crippen LogP contribution in [0.3, 0.4) is 0 Å². The lowest BCUT2D eigenvalue weighted by Gasteiger charge is -2.36. The van der Waals surface area contributed by atoms with Gasteiger partial charge in [0.2, 0.25) is 0 Å². The molecule has 1 unspecified atom stereocenters. The molecule has 3 fully saturated rings. The van der Waals surface area contributed by atoms with Gasteiger partial charge < -0.3 is 14.4 Å². The van der Waals surface area contributed by atoms with Gasteiger partial charge in [0, 0.05) is 62.0 Å². The molecule has 3 aliphatic rings. The topological polar surface area (TPSA) is 40.4 Å². The fraction of sp³-hybridized carbons (Fsp3) is 0.667. The van der Waals surface area contributed by atoms with Crippen molar-refractivity contribution < 1.29 is 0 Å². The molecule has 2 aromatic heterocycles. The van der Waals surface area contributed by atoms with Crippen LogP contribution in [0.15, 0.2) is 17.0 Å². The van der Waals surface area contributed by atoms with Crippen molar-refractivity contribution in [3.63, 3.8) is 0 Å². The Morgan fingerprint density at radius 1 is 1.00 bits per heavy atom. The summed E-state index contributed by atoms with van der Waals surface area (Å²) in [5.74, 6) is 1.10. The molecular formula is C18H25BrN6. The molecule has 0 bridgehead atoms. The molecular weight excluding hydrogens is 380 g/mol. The van der Waals surface area contributed by atoms with E-state index in [2.05, 4.69) is 58.4 Å². The molecule has 7 heteroatoms. The predicted octanol–water partition coefficient (Wildman–Crippen LogP) is 2.35. The molecule has 5 rings (SSSR count). The number of hydrogen-bond donors (Lipinski definition) is 0. The van der Waals surface area contributed by atoms with Crippen LogP contribution in [0.25, 0.3) is 11.0 Å². The van der Waals surface area contributed by atoms with Gasteiger partial charge in [0.15, 0.2) is 0 Å². The molecule has 1 aliphatic carbocycles. The summed E-state index contributed by atoms with van der Waals surface area (Å²) in [5, 5.41) is 1.19. The summed E-state index contributed by atoms with van der Waals surface area (Å²) in [6.07, 6.45) is 7.71. The largest absolute Gasteiger partial charge is 0.354 e. The van der Waals surface area contributed by atoms with E-state index in [1.165, 1.54) is 50.8 Å². The van der Waals surface area contributed by atoms with Crippen LogP contribution in [0.4, 0.5) is 5.82 Å². The van der Waals surface area contributed by atoms with Gasteiger partial charge >= 0.3 is 0 Å². The molecule has 1 saturated carbocycles. The first-order valence-electron chi connectivity index (χ1n) is 9.39. The molecule has 6 nitrogen and oxygen atoms in total. The van der Waals surface area contributed by atoms with E-state index in [-0.39, 0.29) is 0 Å². The maximum Gasteiger partial charge on any atom is 0.146 e. The lowest BCUT2D eigenvalue weighted by atomic mass is 10.2. The summed E-state index contributed by atoms with van der Waals surface area (Å²) in [7, 11) is 2.22. The van der Waals surface area contributed by atoms with Crippen LogP contribution in [0.1, 0.15) is 25.3 Å². The fourth-order valence-corrected chi connectivity index (χ4v) is 4.89. The average molecular weight is 405 g/mol. The van der Waals surface area contributed by atoms with Crippen LogP contribution < -0.4 is 4.90 Å². The van der Waals surface area contributed by atoms with Gasteiger partial charge in [-0.3, -0.25) is 4.90 Å². The highest BCUT2D eigenvalue weighted by atomic mass is 79.9. The van der Waals surface area contributed by atoms with Gasteiger partial charge in [0.1, 0.15) is 17.8 Å². The Balaban J connectivity index is 1.40. The molecule has 2 saturated heterocycles. The molecule has 0 amide bonds. The third-order valence-corrected chi connectivity index (χ3v) is 6.60. The number of nitrogens with zero attached hydrogens (tertiary/aromatic N) is 6. The van der Waals surface area contributed by atoms with Gasteiger partial charge in [-0.15, -0.1) is 0 Å². The normalized spacial score (nSPS) is 26.0. The number of aromatic nitrogens is 3. The molecule has 4 heterocycles. The van der Waals surface area contributed by atoms with Crippen LogP contribution >= 0.6 is 15.9 Å². The molecule has 25 heavy (non-hydrogen) atoms. The van der Waals surface area contributed by atoms with E-state index in [4.69, 9.17) is 0 Å². The average Bonchev–Trinajstić information content (AvgIpc) is 3.25. The van der Waals surface area contributed by atoms with Crippen molar-refractivity contribution in [2.45, 2.75) is 31.3 Å². The SMILES string of the molecule is CN1CCN(C2CCN(c3ncnc4c3c(Br)cn4C3CC3)C2)CC1. The maximum absolute atomic E-state index is 4.68. The van der Waals surface area contributed by atoms with Crippen LogP contribution in [0, 0.1) is 0 Å². The van der Waals surface area contributed by atoms with Gasteiger partial charge in [-0.05, 0) is 42.2 Å². The number of halogens is 1. The van der Waals surface area contributed by atoms with Gasteiger partial charge in [-0.2, -0.15) is 0 Å². The van der Waals surface area contributed by atoms with Gasteiger partial charge in [0.25, 0.3) is 0 Å². The third kappa shape index (κ3) is 2.86. The van der Waals surface area contributed by atoms with Crippen molar-refractivity contribution in [3.05, 3.63) is 17.0 Å². The minimum absolute atomic E-state index is 0.633. The Labute approximate surface area is 156 Å². The Bertz CT molecular complexity index is 777. The number of likely N-dealkylation sites (N-methyl/N-ethyl adjacent to an activating group) is 1. The van der Waals surface area contributed by atoms with Crippen molar-refractivity contribution in [3.8, 4) is 0 Å². The third-order valence-electron chi connectivity index (χ3n) is 6.00. The van der Waals surface area contributed by atoms with Crippen molar-refractivity contribution >= 4 is 32.8 Å². The first kappa shape index (κ1) is 16.0. The van der Waals surface area contributed by atoms with Crippen molar-refractivity contribution in [2.75, 3.05) is 51.2 Å². The molecule has 0 N–H and O–H groups in total. The van der Waals surface area contributed by atoms with E-state index in [1.807, 2.05) is 0 Å². The minimum Gasteiger partial charge on any atom is -0.354 e. The smallest absolute Gasteiger partial charge is 0.146 e. The zero-order valence-corrected chi connectivity index (χ0v) is 16.3. The van der Waals surface area contributed by atoms with Gasteiger partial charge in [0.05, 0.1) is 5.39 Å². The quantitative estimate of drug-likeness (QED) is 0.784. The van der Waals surface area contributed by atoms with Gasteiger partial charge in [-0.25, -0.2) is 9.97 Å². The number of fused-ring (bicyclic) bond motifs is 1. The summed E-state index contributed by atoms with van der Waals surface area (Å²) < 4.78 is 3.46. The summed E-state index contributed by atoms with van der Waals surface area (Å²) in [6, 6.07) is 1.29. The standard InChI is InChI=1S/C18H25BrN6/c1-22-6-8-23(9-7-22)14-4-5-24(10-14)17-16-15(19)11-25(13-2-3-13)18(16)21-12-20-17/h11-14H,2-10H2,1H3. The Morgan fingerprint density at radius 2 is 1.80 bits per heavy atom. The summed E-state index contributed by atoms with van der Waals surface area (Å²) in [5.41, 5.74) is 1.09. The summed E-state index contributed by atoms with van der Waals surface area (Å²) in [4.78, 5) is 16.8. The van der Waals surface area contributed by atoms with Crippen LogP contribution in [0.5, 0.6) is 0 Å². The van der Waals surface area contributed by atoms with E-state index in [9.17, 15) is 0 Å². The molecule has 0 radical (unpaired) electrons. The van der Waals surface area contributed by atoms with E-state index in [1.54, 1.807) is 6.33 Å². The van der Waals surface area contributed by atoms with E-state index in [0.29, 0.717) is 12.1 Å². The molecule has 1 atom stereocenters. The number of hydrogen-bond acceptors (Lipinski definition) is 5. The van der Waals surface area contributed by atoms with Crippen molar-refractivity contribution in [1.29, 1.82) is 0 Å².